The molecule has 1 aliphatic rings. The molecule has 2 amide bonds. The Morgan fingerprint density at radius 2 is 2.17 bits per heavy atom. The number of amides is 2. The van der Waals surface area contributed by atoms with Gasteiger partial charge >= 0.3 is 6.36 Å². The van der Waals surface area contributed by atoms with Crippen LogP contribution in [-0.4, -0.2) is 42.2 Å². The first kappa shape index (κ1) is 22.5. The summed E-state index contributed by atoms with van der Waals surface area (Å²) in [5.41, 5.74) is 5.87. The third-order valence-corrected chi connectivity index (χ3v) is 4.72. The van der Waals surface area contributed by atoms with Crippen molar-refractivity contribution in [3.05, 3.63) is 35.2 Å². The Morgan fingerprint density at radius 3 is 2.79 bits per heavy atom. The van der Waals surface area contributed by atoms with E-state index >= 15 is 0 Å². The number of alkyl halides is 3. The predicted molar refractivity (Wildman–Crippen MR) is 98.8 cm³/mol. The van der Waals surface area contributed by atoms with Crippen molar-refractivity contribution in [1.29, 1.82) is 0 Å². The molecule has 1 aromatic rings. The number of halogens is 3. The van der Waals surface area contributed by atoms with Crippen molar-refractivity contribution < 1.29 is 27.5 Å². The minimum atomic E-state index is -4.91. The Kier molecular flexibility index (Phi) is 7.45. The van der Waals surface area contributed by atoms with Crippen LogP contribution in [0.3, 0.4) is 0 Å². The first-order valence-corrected chi connectivity index (χ1v) is 9.22. The van der Waals surface area contributed by atoms with E-state index in [-0.39, 0.29) is 36.2 Å². The van der Waals surface area contributed by atoms with Crippen molar-refractivity contribution in [2.75, 3.05) is 13.1 Å². The predicted octanol–water partition coefficient (Wildman–Crippen LogP) is 2.73. The fourth-order valence-electron chi connectivity index (χ4n) is 3.11. The third kappa shape index (κ3) is 6.35. The molecule has 2 atom stereocenters. The van der Waals surface area contributed by atoms with Gasteiger partial charge in [0.05, 0.1) is 18.5 Å². The maximum atomic E-state index is 12.6. The Labute approximate surface area is 166 Å². The number of likely N-dealkylation sites (tertiary alicyclic amines) is 1. The molecule has 0 unspecified atom stereocenters. The zero-order chi connectivity index (χ0) is 21.6. The van der Waals surface area contributed by atoms with E-state index in [1.54, 1.807) is 11.8 Å². The van der Waals surface area contributed by atoms with Gasteiger partial charge in [0.15, 0.2) is 5.69 Å². The number of carbonyl (C=O) groups excluding carboxylic acids is 2. The molecule has 10 heteroatoms. The lowest BCUT2D eigenvalue weighted by Gasteiger charge is -2.33. The number of piperidine rings is 1. The lowest BCUT2D eigenvalue weighted by molar-refractivity contribution is -0.274. The van der Waals surface area contributed by atoms with Crippen LogP contribution in [0.5, 0.6) is 5.75 Å². The lowest BCUT2D eigenvalue weighted by Crippen LogP contribution is -2.50. The van der Waals surface area contributed by atoms with E-state index in [1.807, 2.05) is 0 Å². The van der Waals surface area contributed by atoms with Crippen molar-refractivity contribution in [3.63, 3.8) is 0 Å². The summed E-state index contributed by atoms with van der Waals surface area (Å²) in [5, 5.41) is 2.60. The monoisotopic (exact) mass is 412 g/mol. The first-order chi connectivity index (χ1) is 13.6. The van der Waals surface area contributed by atoms with Crippen LogP contribution >= 0.6 is 0 Å². The van der Waals surface area contributed by atoms with Crippen LogP contribution < -0.4 is 15.8 Å². The number of ether oxygens (including phenoxy) is 1. The second-order valence-corrected chi connectivity index (χ2v) is 6.81. The average molecular weight is 412 g/mol. The van der Waals surface area contributed by atoms with Crippen molar-refractivity contribution in [2.24, 2.45) is 11.7 Å². The first-order valence-electron chi connectivity index (χ1n) is 9.22. The molecule has 158 valence electrons. The zero-order valence-electron chi connectivity index (χ0n) is 16.0. The molecule has 0 bridgehead atoms. The maximum Gasteiger partial charge on any atom is 0.573 e. The van der Waals surface area contributed by atoms with E-state index in [0.717, 1.165) is 6.07 Å². The number of nitrogens with zero attached hydrogens (tertiary/aromatic N) is 2. The average Bonchev–Trinajstić information content (AvgIpc) is 2.70. The van der Waals surface area contributed by atoms with Crippen molar-refractivity contribution >= 4 is 17.5 Å². The summed E-state index contributed by atoms with van der Waals surface area (Å²) in [6, 6.07) is 3.03. The molecular weight excluding hydrogens is 389 g/mol. The van der Waals surface area contributed by atoms with E-state index in [9.17, 15) is 22.8 Å². The van der Waals surface area contributed by atoms with Gasteiger partial charge in [0, 0.05) is 25.2 Å². The van der Waals surface area contributed by atoms with Crippen LogP contribution in [0.25, 0.3) is 4.85 Å². The van der Waals surface area contributed by atoms with Crippen LogP contribution in [0.1, 0.15) is 31.7 Å². The normalized spacial score (nSPS) is 17.9. The van der Waals surface area contributed by atoms with E-state index in [0.29, 0.717) is 25.8 Å². The molecule has 1 fully saturated rings. The van der Waals surface area contributed by atoms with Gasteiger partial charge in [-0.15, -0.1) is 13.2 Å². The highest BCUT2D eigenvalue weighted by Gasteiger charge is 2.33. The van der Waals surface area contributed by atoms with Gasteiger partial charge in [-0.05, 0) is 25.3 Å². The number of rotatable bonds is 6. The smallest absolute Gasteiger partial charge is 0.407 e. The molecule has 1 aliphatic heterocycles. The summed E-state index contributed by atoms with van der Waals surface area (Å²) >= 11 is 0. The highest BCUT2D eigenvalue weighted by atomic mass is 19.4. The molecule has 1 aromatic carbocycles. The maximum absolute atomic E-state index is 12.6. The second-order valence-electron chi connectivity index (χ2n) is 6.81. The third-order valence-electron chi connectivity index (χ3n) is 4.72. The van der Waals surface area contributed by atoms with Gasteiger partial charge in [-0.3, -0.25) is 9.59 Å². The Morgan fingerprint density at radius 1 is 1.45 bits per heavy atom. The van der Waals surface area contributed by atoms with Gasteiger partial charge in [0.1, 0.15) is 5.75 Å². The van der Waals surface area contributed by atoms with Gasteiger partial charge < -0.3 is 20.7 Å². The highest BCUT2D eigenvalue weighted by Crippen LogP contribution is 2.30. The summed E-state index contributed by atoms with van der Waals surface area (Å²) < 4.78 is 41.9. The molecule has 1 saturated heterocycles. The fraction of sp³-hybridized carbons (Fsp3) is 0.526. The number of carbonyl (C=O) groups is 2. The number of benzene rings is 1. The number of nitrogens with one attached hydrogen (secondary N) is 1. The van der Waals surface area contributed by atoms with E-state index in [4.69, 9.17) is 12.3 Å². The Balaban J connectivity index is 2.03. The second kappa shape index (κ2) is 9.60. The minimum Gasteiger partial charge on any atom is -0.407 e. The van der Waals surface area contributed by atoms with Gasteiger partial charge in [0.25, 0.3) is 0 Å². The lowest BCUT2D eigenvalue weighted by atomic mass is 9.96. The number of nitrogens with two attached hydrogens (primary N) is 1. The van der Waals surface area contributed by atoms with E-state index in [1.165, 1.54) is 12.1 Å². The molecule has 0 spiro atoms. The molecule has 7 nitrogen and oxygen atoms in total. The van der Waals surface area contributed by atoms with Gasteiger partial charge in [-0.25, -0.2) is 4.85 Å². The summed E-state index contributed by atoms with van der Waals surface area (Å²) in [6.45, 7) is 9.28. The Bertz CT molecular complexity index is 792. The Hall–Kier alpha value is -2.80. The largest absolute Gasteiger partial charge is 0.573 e. The topological polar surface area (TPSA) is 89.0 Å². The minimum absolute atomic E-state index is 0.00646. The van der Waals surface area contributed by atoms with Crippen molar-refractivity contribution in [2.45, 2.75) is 45.1 Å². The molecular formula is C19H23F3N4O3. The van der Waals surface area contributed by atoms with Crippen LogP contribution in [0.15, 0.2) is 18.2 Å². The number of hydrogen-bond acceptors (Lipinski definition) is 4. The summed E-state index contributed by atoms with van der Waals surface area (Å²) in [7, 11) is 0. The van der Waals surface area contributed by atoms with Crippen LogP contribution in [-0.2, 0) is 16.1 Å². The molecule has 2 rings (SSSR count). The zero-order valence-corrected chi connectivity index (χ0v) is 16.0. The molecule has 0 radical (unpaired) electrons. The van der Waals surface area contributed by atoms with Gasteiger partial charge in [-0.1, -0.05) is 19.1 Å². The van der Waals surface area contributed by atoms with Gasteiger partial charge in [-0.2, -0.15) is 0 Å². The molecule has 3 N–H and O–H groups in total. The quantitative estimate of drug-likeness (QED) is 0.704. The molecule has 1 heterocycles. The van der Waals surface area contributed by atoms with Crippen molar-refractivity contribution in [3.8, 4) is 5.75 Å². The highest BCUT2D eigenvalue weighted by molar-refractivity contribution is 5.84. The fourth-order valence-corrected chi connectivity index (χ4v) is 3.11. The summed E-state index contributed by atoms with van der Waals surface area (Å²) in [6.07, 6.45) is -3.21. The standard InChI is InChI=1S/C19H23F3N4O3/c1-3-15(23)18(28)26-8-4-5-13(11-26)17(27)25-10-12-6-7-14(24-2)9-16(12)29-19(20,21)22/h6-7,9,13,15H,3-5,8,10-11,23H2,1H3,(H,25,27)/t13-,15-/m1/s1. The molecule has 0 saturated carbocycles. The SMILES string of the molecule is [C-]#[N+]c1ccc(CNC(=O)[C@@H]2CCCN(C(=O)[C@H](N)CC)C2)c(OC(F)(F)F)c1. The molecule has 29 heavy (non-hydrogen) atoms. The summed E-state index contributed by atoms with van der Waals surface area (Å²) in [5.74, 6) is -1.56. The van der Waals surface area contributed by atoms with E-state index < -0.39 is 24.1 Å². The van der Waals surface area contributed by atoms with E-state index in [2.05, 4.69) is 14.9 Å². The van der Waals surface area contributed by atoms with Crippen molar-refractivity contribution in [1.82, 2.24) is 10.2 Å². The summed E-state index contributed by atoms with van der Waals surface area (Å²) in [4.78, 5) is 29.4. The molecule has 0 aromatic heterocycles. The number of hydrogen-bond donors (Lipinski definition) is 2. The van der Waals surface area contributed by atoms with Crippen LogP contribution in [0.4, 0.5) is 18.9 Å². The van der Waals surface area contributed by atoms with Crippen LogP contribution in [0, 0.1) is 12.5 Å². The molecule has 0 aliphatic carbocycles. The van der Waals surface area contributed by atoms with Gasteiger partial charge in [0.2, 0.25) is 11.8 Å². The van der Waals surface area contributed by atoms with Crippen LogP contribution in [0.2, 0.25) is 0 Å².